The molecule has 0 bridgehead atoms. The van der Waals surface area contributed by atoms with Gasteiger partial charge in [-0.2, -0.15) is 0 Å². The van der Waals surface area contributed by atoms with Crippen LogP contribution in [0.25, 0.3) is 0 Å². The summed E-state index contributed by atoms with van der Waals surface area (Å²) in [7, 11) is 1.73. The summed E-state index contributed by atoms with van der Waals surface area (Å²) >= 11 is 0. The molecule has 2 aromatic carbocycles. The first-order chi connectivity index (χ1) is 12.3. The summed E-state index contributed by atoms with van der Waals surface area (Å²) in [5.41, 5.74) is 2.31. The molecule has 0 aliphatic heterocycles. The zero-order chi connectivity index (χ0) is 17.7. The smallest absolute Gasteiger partial charge is 0.191 e. The number of hydrogen-bond donors (Lipinski definition) is 2. The normalized spacial score (nSPS) is 10.9. The molecule has 0 amide bonds. The number of nitrogens with zero attached hydrogens (tertiary/aromatic N) is 1. The van der Waals surface area contributed by atoms with Gasteiger partial charge in [0.25, 0.3) is 0 Å². The van der Waals surface area contributed by atoms with Gasteiger partial charge in [-0.15, -0.1) is 24.0 Å². The molecule has 4 nitrogen and oxygen atoms in total. The van der Waals surface area contributed by atoms with Gasteiger partial charge < -0.3 is 15.4 Å². The Hall–Kier alpha value is -1.67. The van der Waals surface area contributed by atoms with Crippen molar-refractivity contribution in [2.45, 2.75) is 19.4 Å². The van der Waals surface area contributed by atoms with Crippen LogP contribution >= 0.6 is 24.0 Å². The number of benzene rings is 2. The molecule has 2 rings (SSSR count). The highest BCUT2D eigenvalue weighted by molar-refractivity contribution is 14.0. The van der Waals surface area contributed by atoms with Crippen LogP contribution in [-0.2, 0) is 17.7 Å². The third-order valence-corrected chi connectivity index (χ3v) is 3.73. The van der Waals surface area contributed by atoms with Crippen LogP contribution in [0.5, 0.6) is 0 Å². The van der Waals surface area contributed by atoms with Gasteiger partial charge in [-0.05, 0) is 36.1 Å². The van der Waals surface area contributed by atoms with Crippen LogP contribution in [0.15, 0.2) is 59.6 Å². The summed E-state index contributed by atoms with van der Waals surface area (Å²) in [5, 5.41) is 6.45. The molecule has 6 heteroatoms. The molecule has 0 spiro atoms. The summed E-state index contributed by atoms with van der Waals surface area (Å²) < 4.78 is 18.5. The lowest BCUT2D eigenvalue weighted by molar-refractivity contribution is 0.135. The van der Waals surface area contributed by atoms with Crippen molar-refractivity contribution in [3.05, 3.63) is 71.5 Å². The molecule has 142 valence electrons. The van der Waals surface area contributed by atoms with Crippen molar-refractivity contribution in [1.82, 2.24) is 10.6 Å². The lowest BCUT2D eigenvalue weighted by Crippen LogP contribution is -2.37. The number of hydrogen-bond acceptors (Lipinski definition) is 2. The highest BCUT2D eigenvalue weighted by Crippen LogP contribution is 2.02. The highest BCUT2D eigenvalue weighted by atomic mass is 127. The first-order valence-corrected chi connectivity index (χ1v) is 8.58. The third kappa shape index (κ3) is 9.15. The Bertz CT molecular complexity index is 635. The Labute approximate surface area is 172 Å². The van der Waals surface area contributed by atoms with Crippen LogP contribution < -0.4 is 10.6 Å². The number of ether oxygens (including phenoxy) is 1. The second-order valence-corrected chi connectivity index (χ2v) is 5.68. The first kappa shape index (κ1) is 22.4. The van der Waals surface area contributed by atoms with Gasteiger partial charge in [0, 0.05) is 26.7 Å². The fraction of sp³-hybridized carbons (Fsp3) is 0.350. The van der Waals surface area contributed by atoms with E-state index in [-0.39, 0.29) is 29.8 Å². The Balaban J connectivity index is 0.00000338. The molecular weight excluding hydrogens is 444 g/mol. The first-order valence-electron chi connectivity index (χ1n) is 8.58. The van der Waals surface area contributed by atoms with Crippen molar-refractivity contribution < 1.29 is 9.13 Å². The molecule has 0 aliphatic rings. The maximum atomic E-state index is 12.9. The molecule has 26 heavy (non-hydrogen) atoms. The summed E-state index contributed by atoms with van der Waals surface area (Å²) in [5.74, 6) is 0.507. The second kappa shape index (κ2) is 13.5. The molecule has 0 heterocycles. The molecule has 0 aromatic heterocycles. The fourth-order valence-corrected chi connectivity index (χ4v) is 2.33. The standard InChI is InChI=1S/C20H26FN3O.HI/c1-22-20(24-16-18-8-10-19(21)11-9-18)23-13-5-14-25-15-12-17-6-3-2-4-7-17;/h2-4,6-11H,5,12-16H2,1H3,(H2,22,23,24);1H. The molecule has 0 radical (unpaired) electrons. The van der Waals surface area contributed by atoms with Gasteiger partial charge in [0.05, 0.1) is 6.61 Å². The number of aliphatic imine (C=N–C) groups is 1. The Morgan fingerprint density at radius 2 is 1.69 bits per heavy atom. The van der Waals surface area contributed by atoms with E-state index in [1.807, 2.05) is 18.2 Å². The Morgan fingerprint density at radius 3 is 2.38 bits per heavy atom. The van der Waals surface area contributed by atoms with Gasteiger partial charge in [-0.25, -0.2) is 4.39 Å². The summed E-state index contributed by atoms with van der Waals surface area (Å²) in [4.78, 5) is 4.17. The van der Waals surface area contributed by atoms with E-state index in [1.54, 1.807) is 19.2 Å². The van der Waals surface area contributed by atoms with E-state index in [0.717, 1.165) is 44.1 Å². The van der Waals surface area contributed by atoms with Crippen LogP contribution in [-0.4, -0.2) is 32.8 Å². The number of halogens is 2. The average Bonchev–Trinajstić information content (AvgIpc) is 2.65. The monoisotopic (exact) mass is 471 g/mol. The number of rotatable bonds is 9. The Morgan fingerprint density at radius 1 is 0.962 bits per heavy atom. The van der Waals surface area contributed by atoms with E-state index in [0.29, 0.717) is 6.54 Å². The third-order valence-electron chi connectivity index (χ3n) is 3.73. The van der Waals surface area contributed by atoms with Crippen molar-refractivity contribution in [3.63, 3.8) is 0 Å². The van der Waals surface area contributed by atoms with Gasteiger partial charge >= 0.3 is 0 Å². The summed E-state index contributed by atoms with van der Waals surface area (Å²) in [6.45, 7) is 2.85. The van der Waals surface area contributed by atoms with E-state index in [9.17, 15) is 4.39 Å². The van der Waals surface area contributed by atoms with Crippen LogP contribution in [0.3, 0.4) is 0 Å². The predicted octanol–water partition coefficient (Wildman–Crippen LogP) is 3.76. The topological polar surface area (TPSA) is 45.7 Å². The fourth-order valence-electron chi connectivity index (χ4n) is 2.33. The average molecular weight is 471 g/mol. The molecule has 0 saturated carbocycles. The van der Waals surface area contributed by atoms with Crippen LogP contribution in [0, 0.1) is 5.82 Å². The molecule has 0 aliphatic carbocycles. The largest absolute Gasteiger partial charge is 0.381 e. The van der Waals surface area contributed by atoms with Crippen LogP contribution in [0.4, 0.5) is 4.39 Å². The molecule has 0 fully saturated rings. The summed E-state index contributed by atoms with van der Waals surface area (Å²) in [6, 6.07) is 16.8. The van der Waals surface area contributed by atoms with Gasteiger partial charge in [0.15, 0.2) is 5.96 Å². The summed E-state index contributed by atoms with van der Waals surface area (Å²) in [6.07, 6.45) is 1.85. The van der Waals surface area contributed by atoms with E-state index in [1.165, 1.54) is 17.7 Å². The van der Waals surface area contributed by atoms with Gasteiger partial charge in [0.1, 0.15) is 5.82 Å². The predicted molar refractivity (Wildman–Crippen MR) is 116 cm³/mol. The molecule has 2 N–H and O–H groups in total. The molecule has 0 saturated heterocycles. The molecular formula is C20H27FIN3O. The molecule has 0 atom stereocenters. The minimum Gasteiger partial charge on any atom is -0.381 e. The highest BCUT2D eigenvalue weighted by Gasteiger charge is 1.99. The zero-order valence-corrected chi connectivity index (χ0v) is 17.4. The molecule has 0 unspecified atom stereocenters. The number of nitrogens with one attached hydrogen (secondary N) is 2. The maximum absolute atomic E-state index is 12.9. The SMILES string of the molecule is CN=C(NCCCOCCc1ccccc1)NCc1ccc(F)cc1.I. The zero-order valence-electron chi connectivity index (χ0n) is 15.1. The van der Waals surface area contributed by atoms with E-state index < -0.39 is 0 Å². The lowest BCUT2D eigenvalue weighted by atomic mass is 10.2. The van der Waals surface area contributed by atoms with Gasteiger partial charge in [-0.1, -0.05) is 42.5 Å². The van der Waals surface area contributed by atoms with Gasteiger partial charge in [0.2, 0.25) is 0 Å². The van der Waals surface area contributed by atoms with Crippen molar-refractivity contribution in [1.29, 1.82) is 0 Å². The van der Waals surface area contributed by atoms with Crippen LogP contribution in [0.2, 0.25) is 0 Å². The second-order valence-electron chi connectivity index (χ2n) is 5.68. The molecule has 2 aromatic rings. The maximum Gasteiger partial charge on any atom is 0.191 e. The minimum atomic E-state index is -0.224. The van der Waals surface area contributed by atoms with E-state index >= 15 is 0 Å². The lowest BCUT2D eigenvalue weighted by Gasteiger charge is -2.12. The van der Waals surface area contributed by atoms with E-state index in [2.05, 4.69) is 27.8 Å². The quantitative estimate of drug-likeness (QED) is 0.254. The number of guanidine groups is 1. The van der Waals surface area contributed by atoms with Gasteiger partial charge in [-0.3, -0.25) is 4.99 Å². The van der Waals surface area contributed by atoms with Crippen LogP contribution in [0.1, 0.15) is 17.5 Å². The van der Waals surface area contributed by atoms with Crippen molar-refractivity contribution in [3.8, 4) is 0 Å². The van der Waals surface area contributed by atoms with Crippen molar-refractivity contribution >= 4 is 29.9 Å². The van der Waals surface area contributed by atoms with Crippen molar-refractivity contribution in [2.24, 2.45) is 4.99 Å². The van der Waals surface area contributed by atoms with E-state index in [4.69, 9.17) is 4.74 Å². The Kier molecular flexibility index (Phi) is 11.6. The minimum absolute atomic E-state index is 0. The van der Waals surface area contributed by atoms with Crippen molar-refractivity contribution in [2.75, 3.05) is 26.8 Å².